The van der Waals surface area contributed by atoms with Gasteiger partial charge in [-0.1, -0.05) is 30.0 Å². The number of ether oxygens (including phenoxy) is 1. The van der Waals surface area contributed by atoms with Gasteiger partial charge in [0, 0.05) is 0 Å². The van der Waals surface area contributed by atoms with Crippen LogP contribution in [0.4, 0.5) is 17.3 Å². The fourth-order valence-corrected chi connectivity index (χ4v) is 3.01. The SMILES string of the molecule is COC(=O)CN(c1nc(SC)nc(N)c1N=O)C(C)C1=CCC(C#N)C=C1. The minimum Gasteiger partial charge on any atom is -0.468 e. The van der Waals surface area contributed by atoms with E-state index in [0.29, 0.717) is 11.6 Å². The third-order valence-corrected chi connectivity index (χ3v) is 4.74. The monoisotopic (exact) mass is 388 g/mol. The molecule has 1 aromatic heterocycles. The molecule has 0 saturated carbocycles. The first-order chi connectivity index (χ1) is 12.9. The lowest BCUT2D eigenvalue weighted by atomic mass is 9.94. The highest BCUT2D eigenvalue weighted by molar-refractivity contribution is 7.98. The molecule has 0 saturated heterocycles. The van der Waals surface area contributed by atoms with Gasteiger partial charge in [0.2, 0.25) is 0 Å². The molecular weight excluding hydrogens is 368 g/mol. The number of carbonyl (C=O) groups is 1. The van der Waals surface area contributed by atoms with Gasteiger partial charge in [-0.05, 0) is 30.4 Å². The third kappa shape index (κ3) is 4.62. The largest absolute Gasteiger partial charge is 0.468 e. The summed E-state index contributed by atoms with van der Waals surface area (Å²) in [5.41, 5.74) is 6.61. The number of thioether (sulfide) groups is 1. The normalized spacial score (nSPS) is 16.8. The summed E-state index contributed by atoms with van der Waals surface area (Å²) >= 11 is 1.26. The quantitative estimate of drug-likeness (QED) is 0.323. The molecule has 2 unspecified atom stereocenters. The lowest BCUT2D eigenvalue weighted by Gasteiger charge is -2.31. The van der Waals surface area contributed by atoms with Crippen LogP contribution in [0.15, 0.2) is 34.1 Å². The van der Waals surface area contributed by atoms with Gasteiger partial charge in [-0.3, -0.25) is 4.79 Å². The summed E-state index contributed by atoms with van der Waals surface area (Å²) < 4.78 is 4.78. The van der Waals surface area contributed by atoms with E-state index in [4.69, 9.17) is 15.7 Å². The summed E-state index contributed by atoms with van der Waals surface area (Å²) in [4.78, 5) is 33.3. The van der Waals surface area contributed by atoms with Gasteiger partial charge in [0.05, 0.1) is 25.1 Å². The topological polar surface area (TPSA) is 135 Å². The number of aromatic nitrogens is 2. The maximum atomic E-state index is 12.0. The van der Waals surface area contributed by atoms with Crippen LogP contribution < -0.4 is 10.6 Å². The molecule has 1 aromatic rings. The number of carbonyl (C=O) groups excluding carboxylic acids is 1. The number of esters is 1. The van der Waals surface area contributed by atoms with Crippen molar-refractivity contribution in [2.24, 2.45) is 11.1 Å². The molecule has 0 amide bonds. The van der Waals surface area contributed by atoms with Crippen LogP contribution in [-0.2, 0) is 9.53 Å². The highest BCUT2D eigenvalue weighted by Gasteiger charge is 2.28. The van der Waals surface area contributed by atoms with Crippen LogP contribution >= 0.6 is 11.8 Å². The minimum absolute atomic E-state index is 0.0564. The Hall–Kier alpha value is -2.93. The Kier molecular flexibility index (Phi) is 6.90. The molecular formula is C17H20N6O3S. The molecule has 1 aliphatic rings. The van der Waals surface area contributed by atoms with Gasteiger partial charge in [-0.15, -0.1) is 4.91 Å². The molecule has 0 spiro atoms. The van der Waals surface area contributed by atoms with E-state index >= 15 is 0 Å². The lowest BCUT2D eigenvalue weighted by molar-refractivity contribution is -0.139. The van der Waals surface area contributed by atoms with Crippen molar-refractivity contribution >= 4 is 35.1 Å². The number of allylic oxidation sites excluding steroid dienone is 2. The Labute approximate surface area is 161 Å². The van der Waals surface area contributed by atoms with Crippen LogP contribution in [0.1, 0.15) is 13.3 Å². The number of nitriles is 1. The molecule has 0 aliphatic heterocycles. The van der Waals surface area contributed by atoms with Crippen LogP contribution in [0.3, 0.4) is 0 Å². The molecule has 27 heavy (non-hydrogen) atoms. The van der Waals surface area contributed by atoms with Crippen LogP contribution in [0.25, 0.3) is 0 Å². The van der Waals surface area contributed by atoms with Gasteiger partial charge in [0.1, 0.15) is 6.54 Å². The number of nitroso groups, excluding NO2 is 1. The van der Waals surface area contributed by atoms with Crippen molar-refractivity contribution in [2.75, 3.05) is 30.5 Å². The average Bonchev–Trinajstić information content (AvgIpc) is 2.70. The maximum Gasteiger partial charge on any atom is 0.325 e. The lowest BCUT2D eigenvalue weighted by Crippen LogP contribution is -2.40. The van der Waals surface area contributed by atoms with E-state index in [-0.39, 0.29) is 35.8 Å². The zero-order chi connectivity index (χ0) is 20.0. The Bertz CT molecular complexity index is 833. The van der Waals surface area contributed by atoms with Crippen molar-refractivity contribution in [2.45, 2.75) is 24.5 Å². The van der Waals surface area contributed by atoms with E-state index in [2.05, 4.69) is 21.2 Å². The molecule has 0 bridgehead atoms. The molecule has 2 rings (SSSR count). The van der Waals surface area contributed by atoms with Crippen molar-refractivity contribution in [1.82, 2.24) is 9.97 Å². The number of nitrogens with zero attached hydrogens (tertiary/aromatic N) is 5. The number of methoxy groups -OCH3 is 1. The first-order valence-electron chi connectivity index (χ1n) is 8.11. The number of anilines is 2. The Balaban J connectivity index is 2.50. The molecule has 1 aliphatic carbocycles. The smallest absolute Gasteiger partial charge is 0.325 e. The summed E-state index contributed by atoms with van der Waals surface area (Å²) in [6.45, 7) is 1.70. The fourth-order valence-electron chi connectivity index (χ4n) is 2.64. The van der Waals surface area contributed by atoms with Crippen LogP contribution in [-0.4, -0.2) is 41.9 Å². The van der Waals surface area contributed by atoms with E-state index in [1.54, 1.807) is 11.2 Å². The number of rotatable bonds is 7. The Morgan fingerprint density at radius 3 is 2.85 bits per heavy atom. The number of nitrogens with two attached hydrogens (primary N) is 1. The molecule has 142 valence electrons. The summed E-state index contributed by atoms with van der Waals surface area (Å²) in [7, 11) is 1.28. The first-order valence-corrected chi connectivity index (χ1v) is 9.33. The molecule has 10 heteroatoms. The number of hydrogen-bond donors (Lipinski definition) is 1. The van der Waals surface area contributed by atoms with Crippen LogP contribution in [0, 0.1) is 22.2 Å². The fraction of sp³-hybridized carbons (Fsp3) is 0.412. The zero-order valence-corrected chi connectivity index (χ0v) is 16.1. The van der Waals surface area contributed by atoms with E-state index in [0.717, 1.165) is 5.57 Å². The van der Waals surface area contributed by atoms with Gasteiger partial charge in [-0.2, -0.15) is 5.26 Å². The second-order valence-corrected chi connectivity index (χ2v) is 6.55. The van der Waals surface area contributed by atoms with Gasteiger partial charge >= 0.3 is 5.97 Å². The molecule has 0 aromatic carbocycles. The molecule has 0 radical (unpaired) electrons. The molecule has 9 nitrogen and oxygen atoms in total. The number of hydrogen-bond acceptors (Lipinski definition) is 10. The van der Waals surface area contributed by atoms with E-state index in [1.165, 1.54) is 18.9 Å². The second kappa shape index (κ2) is 9.14. The predicted octanol–water partition coefficient (Wildman–Crippen LogP) is 2.57. The van der Waals surface area contributed by atoms with Gasteiger partial charge in [-0.25, -0.2) is 9.97 Å². The van der Waals surface area contributed by atoms with Crippen LogP contribution in [0.2, 0.25) is 0 Å². The molecule has 2 N–H and O–H groups in total. The number of nitrogen functional groups attached to an aromatic ring is 1. The van der Waals surface area contributed by atoms with E-state index in [9.17, 15) is 9.70 Å². The Morgan fingerprint density at radius 2 is 2.33 bits per heavy atom. The van der Waals surface area contributed by atoms with Gasteiger partial charge < -0.3 is 15.4 Å². The second-order valence-electron chi connectivity index (χ2n) is 5.77. The van der Waals surface area contributed by atoms with Crippen molar-refractivity contribution < 1.29 is 9.53 Å². The molecule has 1 heterocycles. The van der Waals surface area contributed by atoms with Crippen molar-refractivity contribution in [3.63, 3.8) is 0 Å². The summed E-state index contributed by atoms with van der Waals surface area (Å²) in [6, 6.07) is 1.85. The van der Waals surface area contributed by atoms with E-state index < -0.39 is 5.97 Å². The first kappa shape index (κ1) is 20.4. The van der Waals surface area contributed by atoms with Gasteiger partial charge in [0.25, 0.3) is 0 Å². The predicted molar refractivity (Wildman–Crippen MR) is 103 cm³/mol. The summed E-state index contributed by atoms with van der Waals surface area (Å²) in [5.74, 6) is -0.576. The highest BCUT2D eigenvalue weighted by Crippen LogP contribution is 2.35. The molecule has 2 atom stereocenters. The summed E-state index contributed by atoms with van der Waals surface area (Å²) in [6.07, 6.45) is 7.91. The average molecular weight is 388 g/mol. The maximum absolute atomic E-state index is 12.0. The van der Waals surface area contributed by atoms with Crippen molar-refractivity contribution in [3.05, 3.63) is 28.7 Å². The third-order valence-electron chi connectivity index (χ3n) is 4.19. The minimum atomic E-state index is -0.503. The standard InChI is InChI=1S/C17H20N6O3S/c1-10(12-6-4-11(8-18)5-7-12)23(9-13(24)26-2)16-14(22-25)15(19)20-17(21-16)27-3/h4,6-7,10-11H,5,9H2,1-3H3,(H2,19,20,21). The van der Waals surface area contributed by atoms with Crippen molar-refractivity contribution in [3.8, 4) is 6.07 Å². The summed E-state index contributed by atoms with van der Waals surface area (Å²) in [5, 5.41) is 12.4. The van der Waals surface area contributed by atoms with E-state index in [1.807, 2.05) is 25.2 Å². The Morgan fingerprint density at radius 1 is 1.59 bits per heavy atom. The van der Waals surface area contributed by atoms with Crippen molar-refractivity contribution in [1.29, 1.82) is 5.26 Å². The molecule has 0 fully saturated rings. The zero-order valence-electron chi connectivity index (χ0n) is 15.2. The van der Waals surface area contributed by atoms with Crippen LogP contribution in [0.5, 0.6) is 0 Å². The van der Waals surface area contributed by atoms with Gasteiger partial charge in [0.15, 0.2) is 22.5 Å². The highest BCUT2D eigenvalue weighted by atomic mass is 32.2.